The van der Waals surface area contributed by atoms with Gasteiger partial charge in [0.05, 0.1) is 23.0 Å². The Morgan fingerprint density at radius 3 is 2.80 bits per heavy atom. The van der Waals surface area contributed by atoms with Gasteiger partial charge in [-0.15, -0.1) is 0 Å². The number of hydrogen-bond acceptors (Lipinski definition) is 6. The van der Waals surface area contributed by atoms with E-state index in [0.717, 1.165) is 17.0 Å². The summed E-state index contributed by atoms with van der Waals surface area (Å²) < 4.78 is 1.80. The van der Waals surface area contributed by atoms with Gasteiger partial charge in [0.1, 0.15) is 15.9 Å². The number of aromatic nitrogens is 5. The van der Waals surface area contributed by atoms with Crippen LogP contribution in [0.1, 0.15) is 18.2 Å². The predicted octanol–water partition coefficient (Wildman–Crippen LogP) is 3.53. The number of halogens is 2. The van der Waals surface area contributed by atoms with E-state index in [-0.39, 0.29) is 11.0 Å². The van der Waals surface area contributed by atoms with Gasteiger partial charge in [-0.3, -0.25) is 4.68 Å². The summed E-state index contributed by atoms with van der Waals surface area (Å²) in [6, 6.07) is 1.77. The Labute approximate surface area is 158 Å². The molecule has 0 aliphatic carbocycles. The lowest BCUT2D eigenvalue weighted by atomic mass is 10.3. The summed E-state index contributed by atoms with van der Waals surface area (Å²) in [7, 11) is 0. The van der Waals surface area contributed by atoms with E-state index in [9.17, 15) is 0 Å². The molecule has 0 unspecified atom stereocenters. The van der Waals surface area contributed by atoms with E-state index in [1.54, 1.807) is 23.1 Å². The molecular formula is C16H12Cl2N6S. The van der Waals surface area contributed by atoms with E-state index >= 15 is 0 Å². The maximum Gasteiger partial charge on any atom is 0.158 e. The fraction of sp³-hybridized carbons (Fsp3) is 0.125. The zero-order valence-electron chi connectivity index (χ0n) is 13.1. The highest BCUT2D eigenvalue weighted by atomic mass is 35.5. The van der Waals surface area contributed by atoms with Gasteiger partial charge in [-0.25, -0.2) is 15.0 Å². The van der Waals surface area contributed by atoms with Gasteiger partial charge in [-0.2, -0.15) is 5.10 Å². The molecule has 0 radical (unpaired) electrons. The molecule has 0 atom stereocenters. The van der Waals surface area contributed by atoms with Gasteiger partial charge in [0.15, 0.2) is 5.82 Å². The number of nitrogen functional groups attached to an aromatic ring is 1. The van der Waals surface area contributed by atoms with Crippen molar-refractivity contribution < 1.29 is 0 Å². The van der Waals surface area contributed by atoms with Gasteiger partial charge in [0.25, 0.3) is 0 Å². The van der Waals surface area contributed by atoms with Gasteiger partial charge in [-0.1, -0.05) is 40.9 Å². The van der Waals surface area contributed by atoms with Crippen LogP contribution in [-0.2, 0) is 6.54 Å². The zero-order valence-corrected chi connectivity index (χ0v) is 15.4. The van der Waals surface area contributed by atoms with Gasteiger partial charge < -0.3 is 5.73 Å². The normalized spacial score (nSPS) is 10.4. The van der Waals surface area contributed by atoms with Crippen LogP contribution in [0.3, 0.4) is 0 Å². The van der Waals surface area contributed by atoms with Crippen molar-refractivity contribution in [3.05, 3.63) is 52.3 Å². The molecule has 3 rings (SSSR count). The lowest BCUT2D eigenvalue weighted by molar-refractivity contribution is 0.660. The van der Waals surface area contributed by atoms with Gasteiger partial charge in [-0.05, 0) is 18.9 Å². The third kappa shape index (κ3) is 4.23. The van der Waals surface area contributed by atoms with Crippen LogP contribution in [-0.4, -0.2) is 24.7 Å². The molecule has 0 fully saturated rings. The fourth-order valence-corrected chi connectivity index (χ4v) is 3.07. The second-order valence-corrected chi connectivity index (χ2v) is 6.59. The number of pyridine rings is 1. The number of aryl methyl sites for hydroxylation is 1. The molecule has 0 spiro atoms. The largest absolute Gasteiger partial charge is 0.381 e. The minimum absolute atomic E-state index is 0.238. The van der Waals surface area contributed by atoms with Crippen molar-refractivity contribution >= 4 is 40.8 Å². The number of nitrogens with zero attached hydrogens (tertiary/aromatic N) is 5. The number of hydrogen-bond donors (Lipinski definition) is 1. The molecular weight excluding hydrogens is 379 g/mol. The molecule has 0 saturated heterocycles. The topological polar surface area (TPSA) is 82.5 Å². The minimum atomic E-state index is 0.238. The smallest absolute Gasteiger partial charge is 0.158 e. The van der Waals surface area contributed by atoms with Crippen LogP contribution in [0.4, 0.5) is 5.82 Å². The highest BCUT2D eigenvalue weighted by molar-refractivity contribution is 7.99. The average molecular weight is 391 g/mol. The van der Waals surface area contributed by atoms with Crippen LogP contribution in [0.5, 0.6) is 0 Å². The molecule has 0 aliphatic heterocycles. The molecule has 0 amide bonds. The third-order valence-electron chi connectivity index (χ3n) is 3.08. The molecule has 0 saturated carbocycles. The molecule has 9 heteroatoms. The Balaban J connectivity index is 1.87. The van der Waals surface area contributed by atoms with Crippen LogP contribution in [0.25, 0.3) is 0 Å². The SMILES string of the molecule is CCn1cc(C#Cc2nccc(Sc3ncc(Cl)nc3N)c2Cl)cn1. The molecule has 3 aromatic rings. The lowest BCUT2D eigenvalue weighted by Crippen LogP contribution is -1.96. The van der Waals surface area contributed by atoms with Crippen LogP contribution >= 0.6 is 35.0 Å². The van der Waals surface area contributed by atoms with Crippen molar-refractivity contribution in [3.8, 4) is 11.8 Å². The van der Waals surface area contributed by atoms with Crippen molar-refractivity contribution in [1.82, 2.24) is 24.7 Å². The van der Waals surface area contributed by atoms with Crippen molar-refractivity contribution in [2.24, 2.45) is 0 Å². The number of anilines is 1. The molecule has 0 bridgehead atoms. The average Bonchev–Trinajstić information content (AvgIpc) is 3.06. The Bertz CT molecular complexity index is 976. The first-order valence-electron chi connectivity index (χ1n) is 7.21. The second-order valence-electron chi connectivity index (χ2n) is 4.79. The van der Waals surface area contributed by atoms with E-state index in [4.69, 9.17) is 28.9 Å². The van der Waals surface area contributed by atoms with E-state index < -0.39 is 0 Å². The van der Waals surface area contributed by atoms with Gasteiger partial charge in [0.2, 0.25) is 0 Å². The van der Waals surface area contributed by atoms with Crippen molar-refractivity contribution in [1.29, 1.82) is 0 Å². The van der Waals surface area contributed by atoms with Crippen LogP contribution in [0.15, 0.2) is 40.8 Å². The maximum absolute atomic E-state index is 6.42. The zero-order chi connectivity index (χ0) is 17.8. The third-order valence-corrected chi connectivity index (χ3v) is 4.82. The Morgan fingerprint density at radius 1 is 1.24 bits per heavy atom. The van der Waals surface area contributed by atoms with Crippen LogP contribution < -0.4 is 5.73 Å². The minimum Gasteiger partial charge on any atom is -0.381 e. The molecule has 126 valence electrons. The van der Waals surface area contributed by atoms with Gasteiger partial charge >= 0.3 is 0 Å². The molecule has 0 aliphatic rings. The standard InChI is InChI=1S/C16H12Cl2N6S/c1-2-24-9-10(7-22-24)3-4-11-14(18)12(5-6-20-11)25-16-15(19)23-13(17)8-21-16/h5-9H,2H2,1H3,(H2,19,23). The van der Waals surface area contributed by atoms with E-state index in [2.05, 4.69) is 31.9 Å². The quantitative estimate of drug-likeness (QED) is 0.688. The fourth-order valence-electron chi connectivity index (χ4n) is 1.88. The summed E-state index contributed by atoms with van der Waals surface area (Å²) in [6.45, 7) is 2.80. The predicted molar refractivity (Wildman–Crippen MR) is 98.7 cm³/mol. The van der Waals surface area contributed by atoms with Crippen molar-refractivity contribution in [3.63, 3.8) is 0 Å². The number of rotatable bonds is 3. The summed E-state index contributed by atoms with van der Waals surface area (Å²) in [5, 5.41) is 5.36. The molecule has 3 aromatic heterocycles. The first kappa shape index (κ1) is 17.5. The summed E-state index contributed by atoms with van der Waals surface area (Å²) in [6.07, 6.45) is 6.63. The molecule has 0 aromatic carbocycles. The monoisotopic (exact) mass is 390 g/mol. The van der Waals surface area contributed by atoms with E-state index in [1.807, 2.05) is 13.1 Å². The molecule has 25 heavy (non-hydrogen) atoms. The van der Waals surface area contributed by atoms with Crippen LogP contribution in [0, 0.1) is 11.8 Å². The molecule has 2 N–H and O–H groups in total. The summed E-state index contributed by atoms with van der Waals surface area (Å²) >= 11 is 13.5. The molecule has 6 nitrogen and oxygen atoms in total. The van der Waals surface area contributed by atoms with Crippen LogP contribution in [0.2, 0.25) is 10.2 Å². The Kier molecular flexibility index (Phi) is 5.43. The highest BCUT2D eigenvalue weighted by Crippen LogP contribution is 2.35. The first-order valence-corrected chi connectivity index (χ1v) is 8.79. The summed E-state index contributed by atoms with van der Waals surface area (Å²) in [5.74, 6) is 6.22. The van der Waals surface area contributed by atoms with Crippen molar-refractivity contribution in [2.45, 2.75) is 23.4 Å². The molecule has 3 heterocycles. The maximum atomic E-state index is 6.42. The second kappa shape index (κ2) is 7.74. The first-order chi connectivity index (χ1) is 12.1. The van der Waals surface area contributed by atoms with Crippen molar-refractivity contribution in [2.75, 3.05) is 5.73 Å². The number of nitrogens with two attached hydrogens (primary N) is 1. The summed E-state index contributed by atoms with van der Waals surface area (Å²) in [4.78, 5) is 13.1. The summed E-state index contributed by atoms with van der Waals surface area (Å²) in [5.41, 5.74) is 7.10. The van der Waals surface area contributed by atoms with E-state index in [1.165, 1.54) is 18.0 Å². The Morgan fingerprint density at radius 2 is 2.08 bits per heavy atom. The lowest BCUT2D eigenvalue weighted by Gasteiger charge is -2.06. The van der Waals surface area contributed by atoms with E-state index in [0.29, 0.717) is 15.7 Å². The highest BCUT2D eigenvalue weighted by Gasteiger charge is 2.11. The Hall–Kier alpha value is -2.27. The van der Waals surface area contributed by atoms with Gasteiger partial charge in [0, 0.05) is 23.8 Å².